The molecule has 1 aliphatic heterocycles. The van der Waals surface area contributed by atoms with Gasteiger partial charge < -0.3 is 10.1 Å². The van der Waals surface area contributed by atoms with Crippen LogP contribution in [0.2, 0.25) is 0 Å². The summed E-state index contributed by atoms with van der Waals surface area (Å²) in [6, 6.07) is 0. The average molecular weight is 171 g/mol. The molecule has 0 bridgehead atoms. The van der Waals surface area contributed by atoms with Crippen LogP contribution in [0, 0.1) is 5.92 Å². The normalized spacial score (nSPS) is 20.1. The van der Waals surface area contributed by atoms with E-state index in [9.17, 15) is 4.79 Å². The zero-order valence-corrected chi connectivity index (χ0v) is 7.38. The topological polar surface area (TPSA) is 52.4 Å². The third-order valence-electron chi connectivity index (χ3n) is 1.95. The van der Waals surface area contributed by atoms with Crippen LogP contribution in [0.5, 0.6) is 0 Å². The first-order valence-corrected chi connectivity index (χ1v) is 4.23. The van der Waals surface area contributed by atoms with Gasteiger partial charge in [0.15, 0.2) is 0 Å². The Morgan fingerprint density at radius 1 is 1.75 bits per heavy atom. The highest BCUT2D eigenvalue weighted by Gasteiger charge is 2.15. The van der Waals surface area contributed by atoms with Gasteiger partial charge in [0.05, 0.1) is 13.5 Å². The Kier molecular flexibility index (Phi) is 4.04. The fraction of sp³-hybridized carbons (Fsp3) is 0.875. The van der Waals surface area contributed by atoms with Crippen molar-refractivity contribution in [1.29, 1.82) is 0 Å². The summed E-state index contributed by atoms with van der Waals surface area (Å²) in [7, 11) is 1.42. The average Bonchev–Trinajstić information content (AvgIpc) is 2.33. The monoisotopic (exact) mass is 171 g/mol. The summed E-state index contributed by atoms with van der Waals surface area (Å²) in [5, 5.41) is 7.49. The second kappa shape index (κ2) is 5.11. The van der Waals surface area contributed by atoms with Gasteiger partial charge in [-0.2, -0.15) is 0 Å². The summed E-state index contributed by atoms with van der Waals surface area (Å²) in [6.45, 7) is 3.44. The van der Waals surface area contributed by atoms with Gasteiger partial charge in [0, 0.05) is 19.6 Å². The Morgan fingerprint density at radius 3 is 3.33 bits per heavy atom. The molecule has 0 saturated carbocycles. The second-order valence-electron chi connectivity index (χ2n) is 2.98. The molecule has 0 aromatic rings. The lowest BCUT2D eigenvalue weighted by Crippen LogP contribution is -2.25. The maximum absolute atomic E-state index is 10.9. The molecule has 1 rings (SSSR count). The zero-order chi connectivity index (χ0) is 8.81. The first-order valence-electron chi connectivity index (χ1n) is 4.23. The molecule has 1 N–H and O–H groups in total. The predicted molar refractivity (Wildman–Crippen MR) is 44.9 cm³/mol. The van der Waals surface area contributed by atoms with Crippen LogP contribution in [0.1, 0.15) is 6.42 Å². The highest BCUT2D eigenvalue weighted by molar-refractivity contribution is 5.69. The van der Waals surface area contributed by atoms with Crippen LogP contribution in [-0.4, -0.2) is 39.3 Å². The van der Waals surface area contributed by atoms with Crippen molar-refractivity contribution in [2.24, 2.45) is 5.92 Å². The summed E-state index contributed by atoms with van der Waals surface area (Å²) < 4.78 is 4.59. The molecule has 0 amide bonds. The van der Waals surface area contributed by atoms with Crippen molar-refractivity contribution in [3.05, 3.63) is 0 Å². The first-order chi connectivity index (χ1) is 5.83. The molecule has 0 spiro atoms. The lowest BCUT2D eigenvalue weighted by molar-refractivity contribution is -0.141. The van der Waals surface area contributed by atoms with E-state index in [0.717, 1.165) is 26.2 Å². The standard InChI is InChI=1S/C8H15N2O2/c1-12-8(11)4-7-5-9-2-3-10-6-7/h7,9H,2-6H2,1H3. The number of hydrogen-bond donors (Lipinski definition) is 1. The summed E-state index contributed by atoms with van der Waals surface area (Å²) in [5.74, 6) is 0.179. The minimum atomic E-state index is -0.140. The molecule has 1 unspecified atom stereocenters. The molecule has 4 heteroatoms. The second-order valence-corrected chi connectivity index (χ2v) is 2.98. The van der Waals surface area contributed by atoms with Gasteiger partial charge in [0.25, 0.3) is 0 Å². The van der Waals surface area contributed by atoms with Crippen LogP contribution in [0.4, 0.5) is 0 Å². The number of nitrogens with zero attached hydrogens (tertiary/aromatic N) is 1. The van der Waals surface area contributed by atoms with E-state index in [-0.39, 0.29) is 5.97 Å². The summed E-state index contributed by atoms with van der Waals surface area (Å²) in [6.07, 6.45) is 0.479. The molecule has 0 aromatic heterocycles. The summed E-state index contributed by atoms with van der Waals surface area (Å²) in [4.78, 5) is 10.9. The SMILES string of the molecule is COC(=O)CC1C[N]CCNC1. The van der Waals surface area contributed by atoms with Crippen molar-refractivity contribution >= 4 is 5.97 Å². The number of nitrogens with one attached hydrogen (secondary N) is 1. The molecule has 1 saturated heterocycles. The first kappa shape index (κ1) is 9.48. The Labute approximate surface area is 72.7 Å². The van der Waals surface area contributed by atoms with Crippen LogP contribution in [0.15, 0.2) is 0 Å². The van der Waals surface area contributed by atoms with Gasteiger partial charge in [0.2, 0.25) is 0 Å². The van der Waals surface area contributed by atoms with Gasteiger partial charge in [-0.1, -0.05) is 0 Å². The molecule has 0 aromatic carbocycles. The van der Waals surface area contributed by atoms with Crippen molar-refractivity contribution < 1.29 is 9.53 Å². The van der Waals surface area contributed by atoms with Crippen molar-refractivity contribution in [2.45, 2.75) is 6.42 Å². The quantitative estimate of drug-likeness (QED) is 0.563. The lowest BCUT2D eigenvalue weighted by Gasteiger charge is -2.10. The molecular formula is C8H15N2O2. The molecule has 4 nitrogen and oxygen atoms in total. The predicted octanol–water partition coefficient (Wildman–Crippen LogP) is -0.627. The number of hydrogen-bond acceptors (Lipinski definition) is 3. The van der Waals surface area contributed by atoms with E-state index in [0.29, 0.717) is 12.3 Å². The highest BCUT2D eigenvalue weighted by Crippen LogP contribution is 2.03. The van der Waals surface area contributed by atoms with E-state index in [2.05, 4.69) is 15.4 Å². The minimum absolute atomic E-state index is 0.140. The van der Waals surface area contributed by atoms with Crippen molar-refractivity contribution in [2.75, 3.05) is 33.3 Å². The lowest BCUT2D eigenvalue weighted by atomic mass is 10.1. The zero-order valence-electron chi connectivity index (χ0n) is 7.38. The number of esters is 1. The number of carbonyl (C=O) groups is 1. The maximum Gasteiger partial charge on any atom is 0.305 e. The number of rotatable bonds is 2. The molecule has 1 atom stereocenters. The molecule has 1 fully saturated rings. The van der Waals surface area contributed by atoms with Crippen molar-refractivity contribution in [3.8, 4) is 0 Å². The minimum Gasteiger partial charge on any atom is -0.469 e. The summed E-state index contributed by atoms with van der Waals surface area (Å²) >= 11 is 0. The fourth-order valence-electron chi connectivity index (χ4n) is 1.26. The molecule has 0 aliphatic carbocycles. The Bertz CT molecular complexity index is 142. The Hall–Kier alpha value is -0.610. The van der Waals surface area contributed by atoms with E-state index in [1.807, 2.05) is 0 Å². The molecule has 1 heterocycles. The van der Waals surface area contributed by atoms with Gasteiger partial charge in [0.1, 0.15) is 0 Å². The van der Waals surface area contributed by atoms with Crippen LogP contribution in [0.25, 0.3) is 0 Å². The molecule has 69 valence electrons. The van der Waals surface area contributed by atoms with E-state index in [4.69, 9.17) is 0 Å². The number of methoxy groups -OCH3 is 1. The van der Waals surface area contributed by atoms with Gasteiger partial charge in [-0.05, 0) is 12.5 Å². The van der Waals surface area contributed by atoms with Crippen LogP contribution in [0.3, 0.4) is 0 Å². The molecule has 12 heavy (non-hydrogen) atoms. The largest absolute Gasteiger partial charge is 0.469 e. The van der Waals surface area contributed by atoms with E-state index < -0.39 is 0 Å². The van der Waals surface area contributed by atoms with E-state index >= 15 is 0 Å². The van der Waals surface area contributed by atoms with Gasteiger partial charge in [-0.15, -0.1) is 0 Å². The van der Waals surface area contributed by atoms with Gasteiger partial charge >= 0.3 is 5.97 Å². The molecule has 1 radical (unpaired) electrons. The third-order valence-corrected chi connectivity index (χ3v) is 1.95. The van der Waals surface area contributed by atoms with E-state index in [1.165, 1.54) is 7.11 Å². The maximum atomic E-state index is 10.9. The third kappa shape index (κ3) is 3.19. The van der Waals surface area contributed by atoms with Crippen LogP contribution < -0.4 is 10.6 Å². The fourth-order valence-corrected chi connectivity index (χ4v) is 1.26. The van der Waals surface area contributed by atoms with Gasteiger partial charge in [-0.3, -0.25) is 4.79 Å². The van der Waals surface area contributed by atoms with Crippen LogP contribution >= 0.6 is 0 Å². The van der Waals surface area contributed by atoms with Crippen LogP contribution in [-0.2, 0) is 9.53 Å². The smallest absolute Gasteiger partial charge is 0.305 e. The number of carbonyl (C=O) groups excluding carboxylic acids is 1. The van der Waals surface area contributed by atoms with Crippen molar-refractivity contribution in [3.63, 3.8) is 0 Å². The highest BCUT2D eigenvalue weighted by atomic mass is 16.5. The molecular weight excluding hydrogens is 156 g/mol. The molecule has 1 aliphatic rings. The van der Waals surface area contributed by atoms with E-state index in [1.54, 1.807) is 0 Å². The van der Waals surface area contributed by atoms with Gasteiger partial charge in [-0.25, -0.2) is 5.32 Å². The van der Waals surface area contributed by atoms with Crippen molar-refractivity contribution in [1.82, 2.24) is 10.6 Å². The Morgan fingerprint density at radius 2 is 2.58 bits per heavy atom. The number of ether oxygens (including phenoxy) is 1. The summed E-state index contributed by atoms with van der Waals surface area (Å²) in [5.41, 5.74) is 0. The Balaban J connectivity index is 2.24.